The van der Waals surface area contributed by atoms with Crippen LogP contribution in [0.1, 0.15) is 11.3 Å². The molecule has 8 heteroatoms. The van der Waals surface area contributed by atoms with E-state index in [4.69, 9.17) is 0 Å². The Kier molecular flexibility index (Phi) is 5.66. The van der Waals surface area contributed by atoms with Gasteiger partial charge in [0.15, 0.2) is 0 Å². The molecule has 140 valence electrons. The number of nitrogens with zero attached hydrogens (tertiary/aromatic N) is 2. The number of amides is 3. The molecule has 27 heavy (non-hydrogen) atoms. The third kappa shape index (κ3) is 4.59. The van der Waals surface area contributed by atoms with E-state index in [1.807, 2.05) is 29.9 Å². The largest absolute Gasteiger partial charge is 0.508 e. The first-order chi connectivity index (χ1) is 12.9. The first-order valence-electron chi connectivity index (χ1n) is 8.35. The Balaban J connectivity index is 1.53. The third-order valence-electron chi connectivity index (χ3n) is 4.11. The summed E-state index contributed by atoms with van der Waals surface area (Å²) in [6.45, 7) is 0.0732. The van der Waals surface area contributed by atoms with Gasteiger partial charge in [0.1, 0.15) is 12.3 Å². The number of imide groups is 1. The summed E-state index contributed by atoms with van der Waals surface area (Å²) in [7, 11) is 1.84. The summed E-state index contributed by atoms with van der Waals surface area (Å²) in [5, 5.41) is 11.5. The molecule has 0 radical (unpaired) electrons. The van der Waals surface area contributed by atoms with Crippen LogP contribution in [0.25, 0.3) is 6.08 Å². The van der Waals surface area contributed by atoms with Crippen molar-refractivity contribution in [2.45, 2.75) is 6.42 Å². The van der Waals surface area contributed by atoms with Crippen LogP contribution in [0.4, 0.5) is 4.79 Å². The van der Waals surface area contributed by atoms with Crippen molar-refractivity contribution in [3.63, 3.8) is 0 Å². The van der Waals surface area contributed by atoms with Gasteiger partial charge >= 0.3 is 0 Å². The smallest absolute Gasteiger partial charge is 0.294 e. The Hall–Kier alpha value is -3.00. The first kappa shape index (κ1) is 18.8. The summed E-state index contributed by atoms with van der Waals surface area (Å²) in [6.07, 6.45) is 4.08. The summed E-state index contributed by atoms with van der Waals surface area (Å²) in [6, 6.07) is 10.4. The van der Waals surface area contributed by atoms with Gasteiger partial charge in [-0.1, -0.05) is 12.1 Å². The molecular weight excluding hydrogens is 366 g/mol. The van der Waals surface area contributed by atoms with Gasteiger partial charge in [-0.25, -0.2) is 0 Å². The van der Waals surface area contributed by atoms with E-state index in [0.29, 0.717) is 17.9 Å². The van der Waals surface area contributed by atoms with Crippen LogP contribution in [0, 0.1) is 0 Å². The number of thioether (sulfide) groups is 1. The Morgan fingerprint density at radius 3 is 2.63 bits per heavy atom. The van der Waals surface area contributed by atoms with Gasteiger partial charge in [0.05, 0.1) is 4.91 Å². The van der Waals surface area contributed by atoms with E-state index in [1.165, 1.54) is 0 Å². The summed E-state index contributed by atoms with van der Waals surface area (Å²) in [4.78, 5) is 37.8. The van der Waals surface area contributed by atoms with Crippen molar-refractivity contribution in [1.29, 1.82) is 0 Å². The molecule has 2 N–H and O–H groups in total. The van der Waals surface area contributed by atoms with Crippen LogP contribution in [-0.2, 0) is 23.1 Å². The van der Waals surface area contributed by atoms with Gasteiger partial charge in [-0.3, -0.25) is 19.3 Å². The Bertz CT molecular complexity index is 902. The number of phenols is 1. The van der Waals surface area contributed by atoms with Crippen LogP contribution < -0.4 is 5.32 Å². The highest BCUT2D eigenvalue weighted by molar-refractivity contribution is 8.18. The summed E-state index contributed by atoms with van der Waals surface area (Å²) in [5.41, 5.74) is 1.77. The van der Waals surface area contributed by atoms with Crippen LogP contribution in [-0.4, -0.2) is 44.7 Å². The van der Waals surface area contributed by atoms with E-state index in [2.05, 4.69) is 5.32 Å². The third-order valence-corrected chi connectivity index (χ3v) is 5.02. The second-order valence-electron chi connectivity index (χ2n) is 6.08. The molecule has 1 aliphatic rings. The fourth-order valence-electron chi connectivity index (χ4n) is 2.60. The molecule has 0 unspecified atom stereocenters. The van der Waals surface area contributed by atoms with Crippen molar-refractivity contribution >= 4 is 34.9 Å². The van der Waals surface area contributed by atoms with Gasteiger partial charge < -0.3 is 15.0 Å². The molecule has 2 aromatic rings. The summed E-state index contributed by atoms with van der Waals surface area (Å²) < 4.78 is 1.84. The van der Waals surface area contributed by atoms with Gasteiger partial charge in [-0.15, -0.1) is 0 Å². The zero-order valence-electron chi connectivity index (χ0n) is 14.7. The highest BCUT2D eigenvalue weighted by Crippen LogP contribution is 2.31. The number of nitrogens with one attached hydrogen (secondary N) is 1. The molecular formula is C19H19N3O4S. The average Bonchev–Trinajstić information content (AvgIpc) is 3.15. The lowest BCUT2D eigenvalue weighted by Gasteiger charge is -2.12. The second-order valence-corrected chi connectivity index (χ2v) is 7.07. The van der Waals surface area contributed by atoms with E-state index < -0.39 is 17.1 Å². The monoisotopic (exact) mass is 385 g/mol. The lowest BCUT2D eigenvalue weighted by molar-refractivity contribution is -0.129. The molecule has 1 aliphatic heterocycles. The van der Waals surface area contributed by atoms with Gasteiger partial charge in [0, 0.05) is 25.5 Å². The quantitative estimate of drug-likeness (QED) is 0.744. The molecule has 1 aromatic carbocycles. The van der Waals surface area contributed by atoms with E-state index in [9.17, 15) is 19.5 Å². The number of aromatic hydroxyl groups is 1. The van der Waals surface area contributed by atoms with Crippen LogP contribution in [0.5, 0.6) is 5.75 Å². The fraction of sp³-hybridized carbons (Fsp3) is 0.211. The number of aromatic nitrogens is 1. The minimum atomic E-state index is -0.458. The molecule has 3 rings (SSSR count). The minimum Gasteiger partial charge on any atom is -0.508 e. The van der Waals surface area contributed by atoms with Crippen molar-refractivity contribution in [2.75, 3.05) is 13.1 Å². The molecule has 1 aromatic heterocycles. The van der Waals surface area contributed by atoms with Crippen molar-refractivity contribution in [3.05, 3.63) is 58.8 Å². The van der Waals surface area contributed by atoms with Crippen LogP contribution >= 0.6 is 11.8 Å². The molecule has 1 saturated heterocycles. The Morgan fingerprint density at radius 2 is 1.96 bits per heavy atom. The molecule has 0 bridgehead atoms. The highest BCUT2D eigenvalue weighted by atomic mass is 32.2. The maximum Gasteiger partial charge on any atom is 0.294 e. The number of rotatable bonds is 6. The fourth-order valence-corrected chi connectivity index (χ4v) is 3.43. The SMILES string of the molecule is Cn1cccc1C=C1SC(=O)N(CC(=O)NCCc2ccc(O)cc2)C1=O. The molecule has 0 saturated carbocycles. The maximum atomic E-state index is 12.4. The zero-order chi connectivity index (χ0) is 19.4. The van der Waals surface area contributed by atoms with Gasteiger partial charge in [0.25, 0.3) is 11.1 Å². The predicted molar refractivity (Wildman–Crippen MR) is 103 cm³/mol. The number of carbonyl (C=O) groups is 3. The number of hydrogen-bond acceptors (Lipinski definition) is 5. The standard InChI is InChI=1S/C19H19N3O4S/c1-21-10-2-3-14(21)11-16-18(25)22(19(26)27-16)12-17(24)20-9-8-13-4-6-15(23)7-5-13/h2-7,10-11,23H,8-9,12H2,1H3,(H,20,24). The zero-order valence-corrected chi connectivity index (χ0v) is 15.5. The van der Waals surface area contributed by atoms with Gasteiger partial charge in [-0.2, -0.15) is 0 Å². The molecule has 2 heterocycles. The van der Waals surface area contributed by atoms with E-state index in [-0.39, 0.29) is 12.3 Å². The molecule has 0 aliphatic carbocycles. The number of carbonyl (C=O) groups excluding carboxylic acids is 3. The average molecular weight is 385 g/mol. The Labute approximate surface area is 160 Å². The van der Waals surface area contributed by atoms with Crippen molar-refractivity contribution in [1.82, 2.24) is 14.8 Å². The molecule has 3 amide bonds. The summed E-state index contributed by atoms with van der Waals surface area (Å²) in [5.74, 6) is -0.665. The summed E-state index contributed by atoms with van der Waals surface area (Å²) >= 11 is 0.834. The molecule has 0 atom stereocenters. The highest BCUT2D eigenvalue weighted by Gasteiger charge is 2.36. The van der Waals surface area contributed by atoms with E-state index in [1.54, 1.807) is 30.3 Å². The normalized spacial score (nSPS) is 15.6. The maximum absolute atomic E-state index is 12.4. The molecule has 0 spiro atoms. The lowest BCUT2D eigenvalue weighted by atomic mass is 10.1. The topological polar surface area (TPSA) is 91.6 Å². The molecule has 7 nitrogen and oxygen atoms in total. The number of benzene rings is 1. The predicted octanol–water partition coefficient (Wildman–Crippen LogP) is 2.13. The van der Waals surface area contributed by atoms with Crippen molar-refractivity contribution in [2.24, 2.45) is 7.05 Å². The number of phenolic OH excluding ortho intramolecular Hbond substituents is 1. The second kappa shape index (κ2) is 8.13. The van der Waals surface area contributed by atoms with Gasteiger partial charge in [-0.05, 0) is 54.1 Å². The van der Waals surface area contributed by atoms with E-state index >= 15 is 0 Å². The van der Waals surface area contributed by atoms with Crippen molar-refractivity contribution in [3.8, 4) is 5.75 Å². The first-order valence-corrected chi connectivity index (χ1v) is 9.17. The van der Waals surface area contributed by atoms with Crippen molar-refractivity contribution < 1.29 is 19.5 Å². The van der Waals surface area contributed by atoms with Gasteiger partial charge in [0.2, 0.25) is 5.91 Å². The Morgan fingerprint density at radius 1 is 1.22 bits per heavy atom. The lowest BCUT2D eigenvalue weighted by Crippen LogP contribution is -2.40. The van der Waals surface area contributed by atoms with Crippen LogP contribution in [0.3, 0.4) is 0 Å². The number of aryl methyl sites for hydroxylation is 1. The number of hydrogen-bond donors (Lipinski definition) is 2. The van der Waals surface area contributed by atoms with Crippen LogP contribution in [0.2, 0.25) is 0 Å². The van der Waals surface area contributed by atoms with E-state index in [0.717, 1.165) is 27.9 Å². The molecule has 1 fully saturated rings. The van der Waals surface area contributed by atoms with Crippen LogP contribution in [0.15, 0.2) is 47.5 Å². The minimum absolute atomic E-state index is 0.186.